The lowest BCUT2D eigenvalue weighted by Crippen LogP contribution is -2.30. The van der Waals surface area contributed by atoms with E-state index >= 15 is 0 Å². The maximum absolute atomic E-state index is 12.8. The topological polar surface area (TPSA) is 70.8 Å². The van der Waals surface area contributed by atoms with Crippen molar-refractivity contribution >= 4 is 28.5 Å². The highest BCUT2D eigenvalue weighted by Crippen LogP contribution is 2.37. The number of anilines is 1. The molecule has 1 aliphatic heterocycles. The Morgan fingerprint density at radius 3 is 2.61 bits per heavy atom. The van der Waals surface area contributed by atoms with Crippen molar-refractivity contribution in [3.8, 4) is 0 Å². The molecule has 2 aromatic carbocycles. The Bertz CT molecular complexity index is 894. The number of carboxylic acids is 1. The molecule has 0 fully saturated rings. The Morgan fingerprint density at radius 1 is 1.09 bits per heavy atom. The van der Waals surface area contributed by atoms with Crippen molar-refractivity contribution in [2.24, 2.45) is 0 Å². The van der Waals surface area contributed by atoms with Crippen molar-refractivity contribution in [2.75, 3.05) is 11.4 Å². The van der Waals surface area contributed by atoms with Gasteiger partial charge in [0.15, 0.2) is 5.76 Å². The summed E-state index contributed by atoms with van der Waals surface area (Å²) < 4.78 is 5.61. The first-order valence-corrected chi connectivity index (χ1v) is 7.27. The minimum Gasteiger partial charge on any atom is -0.481 e. The lowest BCUT2D eigenvalue weighted by molar-refractivity contribution is -0.138. The molecule has 1 unspecified atom stereocenters. The number of para-hydroxylation sites is 2. The number of furan rings is 1. The first-order valence-electron chi connectivity index (χ1n) is 7.27. The second kappa shape index (κ2) is 4.98. The van der Waals surface area contributed by atoms with Crippen LogP contribution in [0.2, 0.25) is 0 Å². The Labute approximate surface area is 131 Å². The maximum atomic E-state index is 12.8. The Balaban J connectivity index is 1.75. The van der Waals surface area contributed by atoms with Crippen LogP contribution >= 0.6 is 0 Å². The van der Waals surface area contributed by atoms with Gasteiger partial charge in [0.2, 0.25) is 0 Å². The van der Waals surface area contributed by atoms with E-state index in [0.717, 1.165) is 5.39 Å². The number of aliphatic carboxylic acids is 1. The van der Waals surface area contributed by atoms with Gasteiger partial charge >= 0.3 is 5.97 Å². The molecule has 3 aromatic rings. The number of rotatable bonds is 2. The van der Waals surface area contributed by atoms with Gasteiger partial charge in [-0.25, -0.2) is 0 Å². The van der Waals surface area contributed by atoms with Crippen molar-refractivity contribution in [3.63, 3.8) is 0 Å². The molecule has 114 valence electrons. The van der Waals surface area contributed by atoms with Crippen LogP contribution in [0.3, 0.4) is 0 Å². The number of nitrogens with zero attached hydrogens (tertiary/aromatic N) is 1. The molecule has 1 aromatic heterocycles. The van der Waals surface area contributed by atoms with Crippen LogP contribution in [0.5, 0.6) is 0 Å². The van der Waals surface area contributed by atoms with Crippen LogP contribution in [0, 0.1) is 0 Å². The molecule has 2 heterocycles. The first-order chi connectivity index (χ1) is 11.1. The Morgan fingerprint density at radius 2 is 1.83 bits per heavy atom. The predicted octanol–water partition coefficient (Wildman–Crippen LogP) is 3.26. The van der Waals surface area contributed by atoms with Crippen LogP contribution in [-0.4, -0.2) is 23.5 Å². The monoisotopic (exact) mass is 307 g/mol. The van der Waals surface area contributed by atoms with E-state index in [1.54, 1.807) is 36.4 Å². The van der Waals surface area contributed by atoms with Crippen molar-refractivity contribution in [1.29, 1.82) is 0 Å². The number of fused-ring (bicyclic) bond motifs is 2. The molecule has 0 saturated heterocycles. The summed E-state index contributed by atoms with van der Waals surface area (Å²) >= 11 is 0. The van der Waals surface area contributed by atoms with Crippen molar-refractivity contribution < 1.29 is 19.1 Å². The van der Waals surface area contributed by atoms with Gasteiger partial charge in [-0.1, -0.05) is 36.4 Å². The number of carbonyl (C=O) groups excluding carboxylic acids is 1. The van der Waals surface area contributed by atoms with Crippen LogP contribution in [-0.2, 0) is 4.79 Å². The van der Waals surface area contributed by atoms with Crippen LogP contribution in [0.4, 0.5) is 5.69 Å². The third kappa shape index (κ3) is 2.09. The van der Waals surface area contributed by atoms with Crippen LogP contribution in [0.1, 0.15) is 22.0 Å². The average molecular weight is 307 g/mol. The Hall–Kier alpha value is -3.08. The molecule has 5 heteroatoms. The SMILES string of the molecule is O=C(O)C1CN(C(=O)c2cc3ccccc3o2)c2ccccc21. The lowest BCUT2D eigenvalue weighted by Gasteiger charge is -2.15. The summed E-state index contributed by atoms with van der Waals surface area (Å²) in [6.07, 6.45) is 0. The highest BCUT2D eigenvalue weighted by Gasteiger charge is 2.37. The maximum Gasteiger partial charge on any atom is 0.312 e. The van der Waals surface area contributed by atoms with Gasteiger partial charge in [0.25, 0.3) is 5.91 Å². The van der Waals surface area contributed by atoms with E-state index in [0.29, 0.717) is 16.8 Å². The summed E-state index contributed by atoms with van der Waals surface area (Å²) in [5, 5.41) is 10.2. The highest BCUT2D eigenvalue weighted by molar-refractivity contribution is 6.08. The molecular formula is C18H13NO4. The molecule has 1 amide bonds. The van der Waals surface area contributed by atoms with Crippen molar-refractivity contribution in [1.82, 2.24) is 0 Å². The normalized spacial score (nSPS) is 16.5. The van der Waals surface area contributed by atoms with E-state index < -0.39 is 11.9 Å². The van der Waals surface area contributed by atoms with E-state index in [9.17, 15) is 14.7 Å². The lowest BCUT2D eigenvalue weighted by atomic mass is 10.0. The molecule has 0 radical (unpaired) electrons. The molecule has 4 rings (SSSR count). The van der Waals surface area contributed by atoms with Gasteiger partial charge in [-0.05, 0) is 23.8 Å². The van der Waals surface area contributed by atoms with Gasteiger partial charge < -0.3 is 14.4 Å². The summed E-state index contributed by atoms with van der Waals surface area (Å²) in [6.45, 7) is 0.116. The third-order valence-electron chi connectivity index (χ3n) is 4.15. The van der Waals surface area contributed by atoms with Crippen LogP contribution in [0.25, 0.3) is 11.0 Å². The van der Waals surface area contributed by atoms with Gasteiger partial charge in [-0.2, -0.15) is 0 Å². The van der Waals surface area contributed by atoms with Gasteiger partial charge in [-0.3, -0.25) is 9.59 Å². The fourth-order valence-corrected chi connectivity index (χ4v) is 3.03. The molecule has 1 N–H and O–H groups in total. The van der Waals surface area contributed by atoms with E-state index in [-0.39, 0.29) is 18.2 Å². The molecule has 0 aliphatic carbocycles. The molecule has 1 atom stereocenters. The fourth-order valence-electron chi connectivity index (χ4n) is 3.03. The van der Waals surface area contributed by atoms with Gasteiger partial charge in [0.05, 0.1) is 0 Å². The predicted molar refractivity (Wildman–Crippen MR) is 84.7 cm³/mol. The number of carboxylic acid groups (broad SMARTS) is 1. The number of amides is 1. The number of hydrogen-bond donors (Lipinski definition) is 1. The second-order valence-corrected chi connectivity index (χ2v) is 5.51. The smallest absolute Gasteiger partial charge is 0.312 e. The van der Waals surface area contributed by atoms with Gasteiger partial charge in [-0.15, -0.1) is 0 Å². The van der Waals surface area contributed by atoms with Gasteiger partial charge in [0, 0.05) is 17.6 Å². The van der Waals surface area contributed by atoms with Gasteiger partial charge in [0.1, 0.15) is 11.5 Å². The van der Waals surface area contributed by atoms with Crippen LogP contribution in [0.15, 0.2) is 59.0 Å². The number of hydrogen-bond acceptors (Lipinski definition) is 3. The zero-order chi connectivity index (χ0) is 16.0. The van der Waals surface area contributed by atoms with Crippen molar-refractivity contribution in [2.45, 2.75) is 5.92 Å². The molecule has 23 heavy (non-hydrogen) atoms. The zero-order valence-corrected chi connectivity index (χ0v) is 12.1. The molecule has 0 spiro atoms. The number of benzene rings is 2. The minimum absolute atomic E-state index is 0.116. The standard InChI is InChI=1S/C18H13NO4/c20-17(16-9-11-5-1-4-8-15(11)23-16)19-10-13(18(21)22)12-6-2-3-7-14(12)19/h1-9,13H,10H2,(H,21,22). The molecule has 1 aliphatic rings. The summed E-state index contributed by atoms with van der Waals surface area (Å²) in [4.78, 5) is 25.7. The number of carbonyl (C=O) groups is 2. The van der Waals surface area contributed by atoms with E-state index in [1.807, 2.05) is 18.2 Å². The molecule has 0 bridgehead atoms. The van der Waals surface area contributed by atoms with E-state index in [1.165, 1.54) is 4.90 Å². The van der Waals surface area contributed by atoms with Crippen LogP contribution < -0.4 is 4.90 Å². The summed E-state index contributed by atoms with van der Waals surface area (Å²) in [6, 6.07) is 16.2. The van der Waals surface area contributed by atoms with Crippen molar-refractivity contribution in [3.05, 3.63) is 65.9 Å². The minimum atomic E-state index is -0.933. The molecule has 5 nitrogen and oxygen atoms in total. The summed E-state index contributed by atoms with van der Waals surface area (Å²) in [5.41, 5.74) is 1.92. The second-order valence-electron chi connectivity index (χ2n) is 5.51. The van der Waals surface area contributed by atoms with E-state index in [4.69, 9.17) is 4.42 Å². The molecular weight excluding hydrogens is 294 g/mol. The summed E-state index contributed by atoms with van der Waals surface area (Å²) in [7, 11) is 0. The molecule has 0 saturated carbocycles. The zero-order valence-electron chi connectivity index (χ0n) is 12.1. The average Bonchev–Trinajstić information content (AvgIpc) is 3.16. The fraction of sp³-hybridized carbons (Fsp3) is 0.111. The Kier molecular flexibility index (Phi) is 2.94. The quantitative estimate of drug-likeness (QED) is 0.789. The highest BCUT2D eigenvalue weighted by atomic mass is 16.4. The summed E-state index contributed by atoms with van der Waals surface area (Å²) in [5.74, 6) is -1.75. The van der Waals surface area contributed by atoms with E-state index in [2.05, 4.69) is 0 Å². The first kappa shape index (κ1) is 13.6. The largest absolute Gasteiger partial charge is 0.481 e. The third-order valence-corrected chi connectivity index (χ3v) is 4.15.